The van der Waals surface area contributed by atoms with Crippen LogP contribution in [0.15, 0.2) is 82.6 Å². The van der Waals surface area contributed by atoms with Gasteiger partial charge in [-0.3, -0.25) is 0 Å². The first-order valence-corrected chi connectivity index (χ1v) is 11.4. The molecule has 0 N–H and O–H groups in total. The van der Waals surface area contributed by atoms with Gasteiger partial charge in [0.05, 0.1) is 16.3 Å². The maximum Gasteiger partial charge on any atom is 0.136 e. The van der Waals surface area contributed by atoms with Gasteiger partial charge in [0.25, 0.3) is 0 Å². The van der Waals surface area contributed by atoms with Gasteiger partial charge >= 0.3 is 0 Å². The minimum absolute atomic E-state index is 0.430. The zero-order chi connectivity index (χ0) is 22.1. The molecule has 0 radical (unpaired) electrons. The third-order valence-corrected chi connectivity index (χ3v) is 6.47. The summed E-state index contributed by atoms with van der Waals surface area (Å²) in [5.41, 5.74) is 3.01. The molecule has 0 saturated heterocycles. The van der Waals surface area contributed by atoms with Crippen LogP contribution in [0.5, 0.6) is 0 Å². The number of hydrogen-bond donors (Lipinski definition) is 0. The van der Waals surface area contributed by atoms with Crippen LogP contribution in [0.3, 0.4) is 0 Å². The largest absolute Gasteiger partial charge is 0.457 e. The van der Waals surface area contributed by atoms with Crippen molar-refractivity contribution in [1.29, 1.82) is 5.26 Å². The fourth-order valence-electron chi connectivity index (χ4n) is 3.52. The van der Waals surface area contributed by atoms with Crippen LogP contribution in [-0.2, 0) is 0 Å². The number of furan rings is 1. The van der Waals surface area contributed by atoms with Gasteiger partial charge in [-0.2, -0.15) is 5.26 Å². The molecule has 2 aromatic heterocycles. The third-order valence-electron chi connectivity index (χ3n) is 5.03. The number of hydrogen-bond acceptors (Lipinski definition) is 4. The summed E-state index contributed by atoms with van der Waals surface area (Å²) < 4.78 is 5.91. The van der Waals surface area contributed by atoms with Crippen LogP contribution in [0, 0.1) is 11.3 Å². The highest BCUT2D eigenvalue weighted by atomic mass is 35.5. The SMILES string of the molecule is N#C/C(=C\c1ccc(-c2cc(Cl)ccc2Cl)o1)c1nc(-c2cccc3ccccc23)cs1. The smallest absolute Gasteiger partial charge is 0.136 e. The van der Waals surface area contributed by atoms with Gasteiger partial charge in [0.15, 0.2) is 0 Å². The van der Waals surface area contributed by atoms with Crippen molar-refractivity contribution in [2.45, 2.75) is 0 Å². The second kappa shape index (κ2) is 8.64. The molecule has 154 valence electrons. The Kier molecular flexibility index (Phi) is 5.55. The molecule has 0 saturated carbocycles. The molecule has 0 aliphatic rings. The normalized spacial score (nSPS) is 11.6. The molecule has 5 rings (SSSR count). The van der Waals surface area contributed by atoms with Gasteiger partial charge in [-0.25, -0.2) is 4.98 Å². The Morgan fingerprint density at radius 3 is 2.69 bits per heavy atom. The summed E-state index contributed by atoms with van der Waals surface area (Å²) in [5, 5.41) is 15.8. The average Bonchev–Trinajstić information content (AvgIpc) is 3.49. The van der Waals surface area contributed by atoms with Gasteiger partial charge in [-0.1, -0.05) is 65.7 Å². The van der Waals surface area contributed by atoms with Crippen LogP contribution in [0.2, 0.25) is 10.0 Å². The summed E-state index contributed by atoms with van der Waals surface area (Å²) in [7, 11) is 0. The summed E-state index contributed by atoms with van der Waals surface area (Å²) >= 11 is 13.8. The summed E-state index contributed by atoms with van der Waals surface area (Å²) in [6, 6.07) is 25.4. The van der Waals surface area contributed by atoms with Gasteiger partial charge < -0.3 is 4.42 Å². The molecule has 0 unspecified atom stereocenters. The predicted molar refractivity (Wildman–Crippen MR) is 133 cm³/mol. The third kappa shape index (κ3) is 3.94. The highest BCUT2D eigenvalue weighted by molar-refractivity contribution is 7.11. The maximum atomic E-state index is 9.76. The molecule has 0 aliphatic carbocycles. The Morgan fingerprint density at radius 1 is 0.969 bits per heavy atom. The van der Waals surface area contributed by atoms with Gasteiger partial charge in [0.2, 0.25) is 0 Å². The number of allylic oxidation sites excluding steroid dienone is 1. The number of thiazole rings is 1. The molecular weight excluding hydrogens is 459 g/mol. The van der Waals surface area contributed by atoms with Gasteiger partial charge in [0, 0.05) is 27.6 Å². The van der Waals surface area contributed by atoms with Crippen LogP contribution in [0.4, 0.5) is 0 Å². The molecule has 0 atom stereocenters. The molecule has 0 spiro atoms. The molecule has 0 bridgehead atoms. The molecule has 0 amide bonds. The highest BCUT2D eigenvalue weighted by Gasteiger charge is 2.13. The van der Waals surface area contributed by atoms with E-state index in [0.29, 0.717) is 37.7 Å². The second-order valence-corrected chi connectivity index (χ2v) is 8.76. The summed E-state index contributed by atoms with van der Waals surface area (Å²) in [6.07, 6.45) is 1.69. The number of fused-ring (bicyclic) bond motifs is 1. The fourth-order valence-corrected chi connectivity index (χ4v) is 4.68. The summed E-state index contributed by atoms with van der Waals surface area (Å²) in [5.74, 6) is 1.12. The van der Waals surface area contributed by atoms with Crippen LogP contribution in [0.1, 0.15) is 10.8 Å². The lowest BCUT2D eigenvalue weighted by atomic mass is 10.0. The summed E-state index contributed by atoms with van der Waals surface area (Å²) in [4.78, 5) is 4.74. The lowest BCUT2D eigenvalue weighted by Crippen LogP contribution is -1.84. The van der Waals surface area contributed by atoms with E-state index in [-0.39, 0.29) is 0 Å². The minimum atomic E-state index is 0.430. The van der Waals surface area contributed by atoms with Crippen molar-refractivity contribution in [3.05, 3.63) is 99.0 Å². The zero-order valence-electron chi connectivity index (χ0n) is 16.5. The number of halogens is 2. The zero-order valence-corrected chi connectivity index (χ0v) is 18.9. The van der Waals surface area contributed by atoms with E-state index < -0.39 is 0 Å². The lowest BCUT2D eigenvalue weighted by Gasteiger charge is -2.03. The topological polar surface area (TPSA) is 49.8 Å². The molecule has 5 aromatic rings. The Morgan fingerprint density at radius 2 is 1.81 bits per heavy atom. The van der Waals surface area contributed by atoms with Crippen molar-refractivity contribution in [2.75, 3.05) is 0 Å². The van der Waals surface area contributed by atoms with Gasteiger partial charge in [-0.05, 0) is 41.1 Å². The Labute approximate surface area is 198 Å². The van der Waals surface area contributed by atoms with Crippen molar-refractivity contribution >= 4 is 57.0 Å². The average molecular weight is 473 g/mol. The van der Waals surface area contributed by atoms with Crippen molar-refractivity contribution in [3.63, 3.8) is 0 Å². The first-order valence-electron chi connectivity index (χ1n) is 9.73. The van der Waals surface area contributed by atoms with E-state index in [1.54, 1.807) is 30.3 Å². The Bertz CT molecular complexity index is 1520. The van der Waals surface area contributed by atoms with E-state index in [1.807, 2.05) is 35.7 Å². The van der Waals surface area contributed by atoms with Crippen LogP contribution in [0.25, 0.3) is 45.0 Å². The Balaban J connectivity index is 1.49. The van der Waals surface area contributed by atoms with E-state index in [9.17, 15) is 5.26 Å². The number of benzene rings is 3. The standard InChI is InChI=1S/C26H14Cl2N2OS/c27-18-8-10-23(28)22(13-18)25-11-9-19(31-25)12-17(14-29)26-30-24(15-32-26)21-7-3-5-16-4-1-2-6-20(16)21/h1-13,15H/b17-12+. The molecule has 0 aliphatic heterocycles. The lowest BCUT2D eigenvalue weighted by molar-refractivity contribution is 0.572. The number of nitriles is 1. The minimum Gasteiger partial charge on any atom is -0.457 e. The summed E-state index contributed by atoms with van der Waals surface area (Å²) in [6.45, 7) is 0. The monoisotopic (exact) mass is 472 g/mol. The number of rotatable bonds is 4. The van der Waals surface area contributed by atoms with Crippen molar-refractivity contribution in [1.82, 2.24) is 4.98 Å². The van der Waals surface area contributed by atoms with E-state index in [0.717, 1.165) is 22.0 Å². The van der Waals surface area contributed by atoms with E-state index in [2.05, 4.69) is 24.3 Å². The number of aromatic nitrogens is 1. The quantitative estimate of drug-likeness (QED) is 0.246. The van der Waals surface area contributed by atoms with Crippen molar-refractivity contribution in [3.8, 4) is 28.7 Å². The first-order chi connectivity index (χ1) is 15.6. The molecule has 0 fully saturated rings. The van der Waals surface area contributed by atoms with Crippen LogP contribution in [-0.4, -0.2) is 4.98 Å². The Hall–Kier alpha value is -3.36. The van der Waals surface area contributed by atoms with E-state index in [1.165, 1.54) is 11.3 Å². The fraction of sp³-hybridized carbons (Fsp3) is 0. The van der Waals surface area contributed by atoms with Gasteiger partial charge in [0.1, 0.15) is 22.6 Å². The molecular formula is C26H14Cl2N2OS. The van der Waals surface area contributed by atoms with Crippen molar-refractivity contribution in [2.24, 2.45) is 0 Å². The molecule has 2 heterocycles. The van der Waals surface area contributed by atoms with E-state index >= 15 is 0 Å². The maximum absolute atomic E-state index is 9.76. The molecule has 3 nitrogen and oxygen atoms in total. The second-order valence-electron chi connectivity index (χ2n) is 7.06. The molecule has 6 heteroatoms. The number of nitrogens with zero attached hydrogens (tertiary/aromatic N) is 2. The molecule has 32 heavy (non-hydrogen) atoms. The van der Waals surface area contributed by atoms with Crippen LogP contribution >= 0.6 is 34.5 Å². The van der Waals surface area contributed by atoms with Crippen molar-refractivity contribution < 1.29 is 4.42 Å². The van der Waals surface area contributed by atoms with Gasteiger partial charge in [-0.15, -0.1) is 11.3 Å². The van der Waals surface area contributed by atoms with E-state index in [4.69, 9.17) is 32.6 Å². The predicted octanol–water partition coefficient (Wildman–Crippen LogP) is 8.59. The first kappa shape index (κ1) is 20.5. The highest BCUT2D eigenvalue weighted by Crippen LogP contribution is 2.34. The van der Waals surface area contributed by atoms with Crippen LogP contribution < -0.4 is 0 Å². The molecule has 3 aromatic carbocycles.